The summed E-state index contributed by atoms with van der Waals surface area (Å²) < 4.78 is 11.9. The monoisotopic (exact) mass is 254 g/mol. The van der Waals surface area contributed by atoms with Crippen molar-refractivity contribution < 1.29 is 14.3 Å². The predicted octanol–water partition coefficient (Wildman–Crippen LogP) is 3.46. The summed E-state index contributed by atoms with van der Waals surface area (Å²) in [5.74, 6) is 0.459. The van der Waals surface area contributed by atoms with Gasteiger partial charge in [0.1, 0.15) is 11.7 Å². The number of carbonyl (C=O) groups is 1. The third-order valence-corrected chi connectivity index (χ3v) is 4.66. The lowest BCUT2D eigenvalue weighted by Gasteiger charge is -2.57. The topological polar surface area (TPSA) is 35.5 Å². The van der Waals surface area contributed by atoms with Crippen LogP contribution in [0.1, 0.15) is 66.2 Å². The van der Waals surface area contributed by atoms with Crippen molar-refractivity contribution in [3.05, 3.63) is 0 Å². The van der Waals surface area contributed by atoms with Gasteiger partial charge in [0.05, 0.1) is 5.60 Å². The first kappa shape index (κ1) is 13.9. The van der Waals surface area contributed by atoms with Crippen molar-refractivity contribution >= 4 is 5.97 Å². The number of fused-ring (bicyclic) bond motifs is 3. The number of esters is 1. The molecule has 104 valence electrons. The molecule has 18 heavy (non-hydrogen) atoms. The molecular formula is C15H26O3. The van der Waals surface area contributed by atoms with Crippen LogP contribution in [0.3, 0.4) is 0 Å². The summed E-state index contributed by atoms with van der Waals surface area (Å²) in [6.07, 6.45) is 5.59. The normalized spacial score (nSPS) is 37.6. The van der Waals surface area contributed by atoms with Crippen LogP contribution in [0.15, 0.2) is 0 Å². The molecule has 2 saturated heterocycles. The first-order valence-corrected chi connectivity index (χ1v) is 7.27. The molecule has 1 aliphatic carbocycles. The molecule has 0 aromatic carbocycles. The fourth-order valence-corrected chi connectivity index (χ4v) is 3.39. The molecule has 3 nitrogen and oxygen atoms in total. The van der Waals surface area contributed by atoms with Gasteiger partial charge in [-0.05, 0) is 52.4 Å². The summed E-state index contributed by atoms with van der Waals surface area (Å²) >= 11 is 0. The van der Waals surface area contributed by atoms with E-state index in [1.807, 2.05) is 0 Å². The van der Waals surface area contributed by atoms with E-state index in [9.17, 15) is 4.79 Å². The minimum atomic E-state index is -0.278. The smallest absolute Gasteiger partial charge is 0.306 e. The minimum absolute atomic E-state index is 0.0476. The molecule has 3 aliphatic rings. The molecule has 2 aliphatic heterocycles. The molecule has 0 aromatic heterocycles. The molecule has 0 amide bonds. The number of ether oxygens (including phenoxy) is 2. The maximum atomic E-state index is 11.8. The van der Waals surface area contributed by atoms with Crippen LogP contribution in [-0.4, -0.2) is 23.3 Å². The fourth-order valence-electron chi connectivity index (χ4n) is 3.39. The second-order valence-electron chi connectivity index (χ2n) is 6.57. The number of hydrogen-bond acceptors (Lipinski definition) is 3. The van der Waals surface area contributed by atoms with Gasteiger partial charge in [-0.2, -0.15) is 0 Å². The van der Waals surface area contributed by atoms with Gasteiger partial charge >= 0.3 is 5.97 Å². The SMILES string of the molecule is CCCCC(=O)O[C@@H]1CC2CC[C@@]1(C)OC2(C)C. The highest BCUT2D eigenvalue weighted by atomic mass is 16.6. The molecule has 2 heterocycles. The molecule has 3 rings (SSSR count). The lowest BCUT2D eigenvalue weighted by molar-refractivity contribution is -0.278. The van der Waals surface area contributed by atoms with Gasteiger partial charge in [-0.1, -0.05) is 13.3 Å². The molecule has 3 fully saturated rings. The molecule has 1 unspecified atom stereocenters. The Morgan fingerprint density at radius 1 is 1.39 bits per heavy atom. The molecule has 0 spiro atoms. The molecule has 2 bridgehead atoms. The van der Waals surface area contributed by atoms with Gasteiger partial charge in [0.2, 0.25) is 0 Å². The van der Waals surface area contributed by atoms with Gasteiger partial charge < -0.3 is 9.47 Å². The summed E-state index contributed by atoms with van der Waals surface area (Å²) in [5.41, 5.74) is -0.348. The average molecular weight is 254 g/mol. The van der Waals surface area contributed by atoms with Crippen molar-refractivity contribution in [1.82, 2.24) is 0 Å². The Bertz CT molecular complexity index is 324. The van der Waals surface area contributed by atoms with Crippen molar-refractivity contribution in [2.75, 3.05) is 0 Å². The number of carbonyl (C=O) groups excluding carboxylic acids is 1. The van der Waals surface area contributed by atoms with E-state index in [2.05, 4.69) is 27.7 Å². The Morgan fingerprint density at radius 2 is 2.11 bits per heavy atom. The summed E-state index contributed by atoms with van der Waals surface area (Å²) in [5, 5.41) is 0. The Labute approximate surface area is 110 Å². The van der Waals surface area contributed by atoms with Crippen LogP contribution in [-0.2, 0) is 14.3 Å². The standard InChI is InChI=1S/C15H26O3/c1-5-6-7-13(16)17-12-10-11-8-9-15(12,4)18-14(11,2)3/h11-12H,5-10H2,1-4H3/t11?,12-,15-/m1/s1. The van der Waals surface area contributed by atoms with Gasteiger partial charge in [0, 0.05) is 6.42 Å². The molecular weight excluding hydrogens is 228 g/mol. The third kappa shape index (κ3) is 2.56. The highest BCUT2D eigenvalue weighted by molar-refractivity contribution is 5.69. The van der Waals surface area contributed by atoms with Crippen LogP contribution in [0.5, 0.6) is 0 Å². The highest BCUT2D eigenvalue weighted by Gasteiger charge is 2.55. The van der Waals surface area contributed by atoms with Gasteiger partial charge in [-0.15, -0.1) is 0 Å². The van der Waals surface area contributed by atoms with Crippen LogP contribution >= 0.6 is 0 Å². The van der Waals surface area contributed by atoms with E-state index in [1.54, 1.807) is 0 Å². The second kappa shape index (κ2) is 4.84. The summed E-state index contributed by atoms with van der Waals surface area (Å²) in [6, 6.07) is 0. The van der Waals surface area contributed by atoms with Crippen LogP contribution in [0.4, 0.5) is 0 Å². The first-order chi connectivity index (χ1) is 8.37. The minimum Gasteiger partial charge on any atom is -0.459 e. The van der Waals surface area contributed by atoms with Crippen molar-refractivity contribution in [3.63, 3.8) is 0 Å². The van der Waals surface area contributed by atoms with Gasteiger partial charge in [0.15, 0.2) is 0 Å². The van der Waals surface area contributed by atoms with Gasteiger partial charge in [0.25, 0.3) is 0 Å². The summed E-state index contributed by atoms with van der Waals surface area (Å²) in [7, 11) is 0. The van der Waals surface area contributed by atoms with E-state index >= 15 is 0 Å². The lowest BCUT2D eigenvalue weighted by Crippen LogP contribution is -2.62. The van der Waals surface area contributed by atoms with Crippen LogP contribution in [0.25, 0.3) is 0 Å². The second-order valence-corrected chi connectivity index (χ2v) is 6.57. The zero-order valence-corrected chi connectivity index (χ0v) is 12.1. The van der Waals surface area contributed by atoms with Crippen molar-refractivity contribution in [3.8, 4) is 0 Å². The quantitative estimate of drug-likeness (QED) is 0.721. The molecule has 0 radical (unpaired) electrons. The van der Waals surface area contributed by atoms with E-state index < -0.39 is 0 Å². The largest absolute Gasteiger partial charge is 0.459 e. The van der Waals surface area contributed by atoms with Crippen LogP contribution < -0.4 is 0 Å². The lowest BCUT2D eigenvalue weighted by atomic mass is 9.67. The summed E-state index contributed by atoms with van der Waals surface area (Å²) in [6.45, 7) is 8.50. The zero-order valence-electron chi connectivity index (χ0n) is 12.1. The maximum Gasteiger partial charge on any atom is 0.306 e. The Kier molecular flexibility index (Phi) is 3.72. The highest BCUT2D eigenvalue weighted by Crippen LogP contribution is 2.50. The van der Waals surface area contributed by atoms with Crippen molar-refractivity contribution in [1.29, 1.82) is 0 Å². The molecule has 1 saturated carbocycles. The number of unbranched alkanes of at least 4 members (excludes halogenated alkanes) is 1. The third-order valence-electron chi connectivity index (χ3n) is 4.66. The van der Waals surface area contributed by atoms with E-state index in [4.69, 9.17) is 9.47 Å². The zero-order chi connectivity index (χ0) is 13.4. The molecule has 0 N–H and O–H groups in total. The predicted molar refractivity (Wildman–Crippen MR) is 70.3 cm³/mol. The fraction of sp³-hybridized carbons (Fsp3) is 0.933. The molecule has 3 heteroatoms. The van der Waals surface area contributed by atoms with E-state index in [0.29, 0.717) is 12.3 Å². The van der Waals surface area contributed by atoms with Crippen LogP contribution in [0.2, 0.25) is 0 Å². The number of rotatable bonds is 4. The first-order valence-electron chi connectivity index (χ1n) is 7.27. The Hall–Kier alpha value is -0.570. The Balaban J connectivity index is 1.97. The number of hydrogen-bond donors (Lipinski definition) is 0. The summed E-state index contributed by atoms with van der Waals surface area (Å²) in [4.78, 5) is 11.8. The average Bonchev–Trinajstić information content (AvgIpc) is 2.27. The van der Waals surface area contributed by atoms with Crippen molar-refractivity contribution in [2.24, 2.45) is 5.92 Å². The Morgan fingerprint density at radius 3 is 2.67 bits per heavy atom. The molecule has 0 aromatic rings. The van der Waals surface area contributed by atoms with E-state index in [-0.39, 0.29) is 23.3 Å². The van der Waals surface area contributed by atoms with Gasteiger partial charge in [-0.3, -0.25) is 4.79 Å². The van der Waals surface area contributed by atoms with E-state index in [0.717, 1.165) is 25.7 Å². The van der Waals surface area contributed by atoms with Crippen molar-refractivity contribution in [2.45, 2.75) is 83.5 Å². The molecule has 3 atom stereocenters. The van der Waals surface area contributed by atoms with Gasteiger partial charge in [-0.25, -0.2) is 0 Å². The van der Waals surface area contributed by atoms with Crippen LogP contribution in [0, 0.1) is 5.92 Å². The van der Waals surface area contributed by atoms with E-state index in [1.165, 1.54) is 6.42 Å². The maximum absolute atomic E-state index is 11.8.